The SMILES string of the molecule is CCCCCCCC/C=C\CCCCCCCCCC(=O)OCC(COP(=O)(O)OCCN)OC(=O)CCCCCCCCCCC/C=C\CCCCCCCCCC. The molecule has 3 N–H and O–H groups in total. The molecule has 0 aliphatic carbocycles. The van der Waals surface area contributed by atoms with Gasteiger partial charge in [0.2, 0.25) is 0 Å². The molecule has 2 atom stereocenters. The zero-order valence-corrected chi connectivity index (χ0v) is 39.4. The van der Waals surface area contributed by atoms with E-state index in [0.717, 1.165) is 51.4 Å². The first-order valence-corrected chi connectivity index (χ1v) is 26.3. The van der Waals surface area contributed by atoms with Crippen LogP contribution in [-0.2, 0) is 32.7 Å². The molecule has 0 rings (SSSR count). The molecule has 2 unspecified atom stereocenters. The Morgan fingerprint density at radius 2 is 0.831 bits per heavy atom. The van der Waals surface area contributed by atoms with Crippen LogP contribution in [0.2, 0.25) is 0 Å². The fourth-order valence-corrected chi connectivity index (χ4v) is 7.86. The first-order chi connectivity index (χ1) is 28.8. The Kier molecular flexibility index (Phi) is 44.8. The van der Waals surface area contributed by atoms with Gasteiger partial charge in [-0.25, -0.2) is 4.57 Å². The van der Waals surface area contributed by atoms with E-state index in [1.807, 2.05) is 0 Å². The van der Waals surface area contributed by atoms with E-state index in [1.165, 1.54) is 161 Å². The minimum Gasteiger partial charge on any atom is -0.462 e. The first kappa shape index (κ1) is 57.5. The number of carbonyl (C=O) groups is 2. The van der Waals surface area contributed by atoms with Crippen LogP contribution in [-0.4, -0.2) is 49.3 Å². The van der Waals surface area contributed by atoms with Crippen molar-refractivity contribution in [1.29, 1.82) is 0 Å². The van der Waals surface area contributed by atoms with Gasteiger partial charge in [0.1, 0.15) is 6.61 Å². The molecule has 0 aliphatic heterocycles. The van der Waals surface area contributed by atoms with Crippen LogP contribution < -0.4 is 5.73 Å². The summed E-state index contributed by atoms with van der Waals surface area (Å²) in [6.07, 6.45) is 50.7. The number of phosphoric ester groups is 1. The van der Waals surface area contributed by atoms with Crippen molar-refractivity contribution >= 4 is 19.8 Å². The summed E-state index contributed by atoms with van der Waals surface area (Å²) in [5.74, 6) is -0.826. The number of unbranched alkanes of at least 4 members (excludes halogenated alkanes) is 30. The molecule has 59 heavy (non-hydrogen) atoms. The second kappa shape index (κ2) is 46.0. The van der Waals surface area contributed by atoms with E-state index >= 15 is 0 Å². The molecule has 0 amide bonds. The maximum absolute atomic E-state index is 12.6. The van der Waals surface area contributed by atoms with E-state index in [2.05, 4.69) is 38.2 Å². The van der Waals surface area contributed by atoms with Gasteiger partial charge in [-0.2, -0.15) is 0 Å². The number of esters is 2. The topological polar surface area (TPSA) is 134 Å². The van der Waals surface area contributed by atoms with E-state index in [1.54, 1.807) is 0 Å². The summed E-state index contributed by atoms with van der Waals surface area (Å²) < 4.78 is 32.9. The van der Waals surface area contributed by atoms with Gasteiger partial charge in [-0.3, -0.25) is 18.6 Å². The summed E-state index contributed by atoms with van der Waals surface area (Å²) in [5, 5.41) is 0. The van der Waals surface area contributed by atoms with Crippen molar-refractivity contribution in [3.8, 4) is 0 Å². The molecule has 348 valence electrons. The zero-order chi connectivity index (χ0) is 43.2. The van der Waals surface area contributed by atoms with Gasteiger partial charge in [0.15, 0.2) is 6.10 Å². The van der Waals surface area contributed by atoms with E-state index in [9.17, 15) is 19.0 Å². The Morgan fingerprint density at radius 3 is 1.20 bits per heavy atom. The molecule has 0 aromatic heterocycles. The van der Waals surface area contributed by atoms with Gasteiger partial charge in [0.25, 0.3) is 0 Å². The van der Waals surface area contributed by atoms with Gasteiger partial charge in [0.05, 0.1) is 13.2 Å². The highest BCUT2D eigenvalue weighted by Crippen LogP contribution is 2.43. The Hall–Kier alpha value is -1.51. The summed E-state index contributed by atoms with van der Waals surface area (Å²) in [5.41, 5.74) is 5.36. The smallest absolute Gasteiger partial charge is 0.462 e. The lowest BCUT2D eigenvalue weighted by atomic mass is 10.1. The van der Waals surface area contributed by atoms with Gasteiger partial charge in [-0.15, -0.1) is 0 Å². The first-order valence-electron chi connectivity index (χ1n) is 24.8. The molecule has 9 nitrogen and oxygen atoms in total. The van der Waals surface area contributed by atoms with Crippen molar-refractivity contribution in [2.45, 2.75) is 251 Å². The van der Waals surface area contributed by atoms with Gasteiger partial charge in [0, 0.05) is 19.4 Å². The number of hydrogen-bond donors (Lipinski definition) is 2. The number of phosphoric acid groups is 1. The Morgan fingerprint density at radius 1 is 0.492 bits per heavy atom. The summed E-state index contributed by atoms with van der Waals surface area (Å²) in [4.78, 5) is 35.0. The lowest BCUT2D eigenvalue weighted by molar-refractivity contribution is -0.161. The average Bonchev–Trinajstić information content (AvgIpc) is 3.22. The fourth-order valence-electron chi connectivity index (χ4n) is 7.10. The molecule has 0 aliphatic rings. The van der Waals surface area contributed by atoms with E-state index in [4.69, 9.17) is 24.3 Å². The van der Waals surface area contributed by atoms with E-state index in [0.29, 0.717) is 6.42 Å². The van der Waals surface area contributed by atoms with Crippen LogP contribution in [0.3, 0.4) is 0 Å². The van der Waals surface area contributed by atoms with Crippen LogP contribution in [0, 0.1) is 0 Å². The normalized spacial score (nSPS) is 13.4. The standard InChI is InChI=1S/C49H94NO8P/c1-3-5-7-9-11-13-15-17-19-21-22-23-24-26-28-30-32-34-36-38-40-42-49(52)58-47(46-57-59(53,54)56-44-43-50)45-55-48(51)41-39-37-35-33-31-29-27-25-20-18-16-14-12-10-8-6-4-2/h18,20-22,47H,3-17,19,23-46,50H2,1-2H3,(H,53,54)/b20-18-,22-21-. The summed E-state index contributed by atoms with van der Waals surface area (Å²) in [6.45, 7) is 3.76. The third kappa shape index (κ3) is 45.8. The third-order valence-corrected chi connectivity index (χ3v) is 11.8. The second-order valence-corrected chi connectivity index (χ2v) is 18.1. The molecule has 0 spiro atoms. The average molecular weight is 856 g/mol. The van der Waals surface area contributed by atoms with Gasteiger partial charge in [-0.1, -0.05) is 192 Å². The van der Waals surface area contributed by atoms with Crippen molar-refractivity contribution in [3.05, 3.63) is 24.3 Å². The Labute approximate surface area is 363 Å². The second-order valence-electron chi connectivity index (χ2n) is 16.7. The van der Waals surface area contributed by atoms with Crippen molar-refractivity contribution < 1.29 is 37.6 Å². The molecular formula is C49H94NO8P. The molecule has 0 aromatic carbocycles. The number of allylic oxidation sites excluding steroid dienone is 4. The number of nitrogens with two attached hydrogens (primary N) is 1. The quantitative estimate of drug-likeness (QED) is 0.0265. The maximum atomic E-state index is 12.6. The zero-order valence-electron chi connectivity index (χ0n) is 38.5. The highest BCUT2D eigenvalue weighted by molar-refractivity contribution is 7.47. The molecular weight excluding hydrogens is 762 g/mol. The molecule has 0 radical (unpaired) electrons. The van der Waals surface area contributed by atoms with Crippen LogP contribution in [0.15, 0.2) is 24.3 Å². The molecule has 0 saturated heterocycles. The van der Waals surface area contributed by atoms with E-state index in [-0.39, 0.29) is 38.6 Å². The molecule has 0 saturated carbocycles. The van der Waals surface area contributed by atoms with Crippen LogP contribution in [0.4, 0.5) is 0 Å². The summed E-state index contributed by atoms with van der Waals surface area (Å²) in [7, 11) is -4.38. The van der Waals surface area contributed by atoms with Crippen LogP contribution in [0.1, 0.15) is 245 Å². The van der Waals surface area contributed by atoms with Crippen molar-refractivity contribution in [3.63, 3.8) is 0 Å². The fraction of sp³-hybridized carbons (Fsp3) is 0.878. The van der Waals surface area contributed by atoms with Crippen LogP contribution >= 0.6 is 7.82 Å². The Bertz CT molecular complexity index is 1020. The molecule has 0 heterocycles. The minimum atomic E-state index is -4.38. The van der Waals surface area contributed by atoms with Crippen molar-refractivity contribution in [2.75, 3.05) is 26.4 Å². The van der Waals surface area contributed by atoms with Crippen molar-refractivity contribution in [2.24, 2.45) is 5.73 Å². The van der Waals surface area contributed by atoms with Crippen LogP contribution in [0.5, 0.6) is 0 Å². The predicted molar refractivity (Wildman–Crippen MR) is 247 cm³/mol. The Balaban J connectivity index is 4.05. The third-order valence-electron chi connectivity index (χ3n) is 10.8. The highest BCUT2D eigenvalue weighted by Gasteiger charge is 2.26. The van der Waals surface area contributed by atoms with E-state index < -0.39 is 26.5 Å². The largest absolute Gasteiger partial charge is 0.472 e. The summed E-state index contributed by atoms with van der Waals surface area (Å²) in [6, 6.07) is 0. The lowest BCUT2D eigenvalue weighted by Crippen LogP contribution is -2.29. The molecule has 0 fully saturated rings. The molecule has 10 heteroatoms. The highest BCUT2D eigenvalue weighted by atomic mass is 31.2. The van der Waals surface area contributed by atoms with Crippen molar-refractivity contribution in [1.82, 2.24) is 0 Å². The monoisotopic (exact) mass is 856 g/mol. The van der Waals surface area contributed by atoms with Crippen LogP contribution in [0.25, 0.3) is 0 Å². The van der Waals surface area contributed by atoms with Gasteiger partial charge < -0.3 is 20.1 Å². The number of hydrogen-bond acceptors (Lipinski definition) is 8. The number of ether oxygens (including phenoxy) is 2. The molecule has 0 aromatic rings. The number of carbonyl (C=O) groups excluding carboxylic acids is 2. The van der Waals surface area contributed by atoms with Gasteiger partial charge >= 0.3 is 19.8 Å². The maximum Gasteiger partial charge on any atom is 0.472 e. The predicted octanol–water partition coefficient (Wildman–Crippen LogP) is 14.7. The molecule has 0 bridgehead atoms. The minimum absolute atomic E-state index is 0.0538. The lowest BCUT2D eigenvalue weighted by Gasteiger charge is -2.19. The summed E-state index contributed by atoms with van der Waals surface area (Å²) >= 11 is 0. The van der Waals surface area contributed by atoms with Gasteiger partial charge in [-0.05, 0) is 64.2 Å². The number of rotatable bonds is 47.